The second-order valence-corrected chi connectivity index (χ2v) is 7.35. The van der Waals surface area contributed by atoms with Gasteiger partial charge in [-0.2, -0.15) is 4.31 Å². The number of hydrogen-bond donors (Lipinski definition) is 1. The molecule has 2 rings (SSSR count). The minimum absolute atomic E-state index is 0.00559. The van der Waals surface area contributed by atoms with E-state index in [-0.39, 0.29) is 16.2 Å². The van der Waals surface area contributed by atoms with Gasteiger partial charge in [0.05, 0.1) is 12.7 Å². The largest absolute Gasteiger partial charge is 0.495 e. The van der Waals surface area contributed by atoms with Gasteiger partial charge in [-0.15, -0.1) is 0 Å². The van der Waals surface area contributed by atoms with E-state index >= 15 is 0 Å². The van der Waals surface area contributed by atoms with E-state index in [0.29, 0.717) is 24.9 Å². The van der Waals surface area contributed by atoms with E-state index in [1.165, 1.54) is 29.6 Å². The molecule has 1 N–H and O–H groups in total. The summed E-state index contributed by atoms with van der Waals surface area (Å²) >= 11 is 0. The highest BCUT2D eigenvalue weighted by molar-refractivity contribution is 7.89. The van der Waals surface area contributed by atoms with Crippen molar-refractivity contribution in [2.75, 3.05) is 20.2 Å². The molecule has 1 fully saturated rings. The summed E-state index contributed by atoms with van der Waals surface area (Å²) in [5.74, 6) is -0.476. The first-order chi connectivity index (χ1) is 9.77. The SMILES string of the molecule is COc1cc(C(=O)O)ccc1S(=O)(=O)N1CC(C)C(C)C1. The van der Waals surface area contributed by atoms with Gasteiger partial charge < -0.3 is 9.84 Å². The summed E-state index contributed by atoms with van der Waals surface area (Å²) in [6.45, 7) is 4.97. The van der Waals surface area contributed by atoms with Gasteiger partial charge >= 0.3 is 5.97 Å². The number of aromatic carboxylic acids is 1. The van der Waals surface area contributed by atoms with Crippen LogP contribution < -0.4 is 4.74 Å². The van der Waals surface area contributed by atoms with Gasteiger partial charge in [0, 0.05) is 13.1 Å². The maximum Gasteiger partial charge on any atom is 0.335 e. The zero-order valence-corrected chi connectivity index (χ0v) is 13.1. The predicted molar refractivity (Wildman–Crippen MR) is 77.0 cm³/mol. The van der Waals surface area contributed by atoms with Crippen molar-refractivity contribution < 1.29 is 23.1 Å². The first-order valence-electron chi connectivity index (χ1n) is 6.69. The van der Waals surface area contributed by atoms with Gasteiger partial charge in [0.2, 0.25) is 10.0 Å². The molecule has 21 heavy (non-hydrogen) atoms. The lowest BCUT2D eigenvalue weighted by Gasteiger charge is -2.18. The topological polar surface area (TPSA) is 83.9 Å². The van der Waals surface area contributed by atoms with Crippen molar-refractivity contribution in [2.45, 2.75) is 18.7 Å². The number of methoxy groups -OCH3 is 1. The smallest absolute Gasteiger partial charge is 0.335 e. The third-order valence-electron chi connectivity index (χ3n) is 3.98. The Kier molecular flexibility index (Phi) is 4.25. The monoisotopic (exact) mass is 313 g/mol. The number of carboxylic acid groups (broad SMARTS) is 1. The number of benzene rings is 1. The lowest BCUT2D eigenvalue weighted by molar-refractivity contribution is 0.0696. The van der Waals surface area contributed by atoms with Crippen LogP contribution >= 0.6 is 0 Å². The highest BCUT2D eigenvalue weighted by Crippen LogP contribution is 2.32. The van der Waals surface area contributed by atoms with E-state index < -0.39 is 16.0 Å². The van der Waals surface area contributed by atoms with Gasteiger partial charge in [-0.05, 0) is 30.0 Å². The molecule has 6 nitrogen and oxygen atoms in total. The molecule has 7 heteroatoms. The Morgan fingerprint density at radius 2 is 1.86 bits per heavy atom. The summed E-state index contributed by atoms with van der Waals surface area (Å²) in [6, 6.07) is 3.81. The molecule has 0 aromatic heterocycles. The van der Waals surface area contributed by atoms with Crippen LogP contribution in [0.4, 0.5) is 0 Å². The number of hydrogen-bond acceptors (Lipinski definition) is 4. The van der Waals surface area contributed by atoms with E-state index in [1.54, 1.807) is 0 Å². The Labute approximate surface area is 124 Å². The number of carbonyl (C=O) groups is 1. The van der Waals surface area contributed by atoms with Gasteiger partial charge in [-0.25, -0.2) is 13.2 Å². The van der Waals surface area contributed by atoms with Crippen molar-refractivity contribution in [1.82, 2.24) is 4.31 Å². The molecular formula is C14H19NO5S. The molecule has 2 unspecified atom stereocenters. The number of carboxylic acids is 1. The van der Waals surface area contributed by atoms with Gasteiger partial charge in [-0.1, -0.05) is 13.8 Å². The molecule has 1 aliphatic heterocycles. The van der Waals surface area contributed by atoms with Crippen molar-refractivity contribution >= 4 is 16.0 Å². The standard InChI is InChI=1S/C14H19NO5S/c1-9-7-15(8-10(9)2)21(18,19)13-5-4-11(14(16)17)6-12(13)20-3/h4-6,9-10H,7-8H2,1-3H3,(H,16,17). The molecule has 0 aliphatic carbocycles. The van der Waals surface area contributed by atoms with Gasteiger partial charge in [0.15, 0.2) is 0 Å². The molecule has 0 saturated carbocycles. The van der Waals surface area contributed by atoms with Crippen molar-refractivity contribution in [3.05, 3.63) is 23.8 Å². The summed E-state index contributed by atoms with van der Waals surface area (Å²) in [6.07, 6.45) is 0. The summed E-state index contributed by atoms with van der Waals surface area (Å²) in [7, 11) is -2.35. The molecular weight excluding hydrogens is 294 g/mol. The normalized spacial score (nSPS) is 23.2. The Balaban J connectivity index is 2.43. The van der Waals surface area contributed by atoms with Crippen LogP contribution in [0, 0.1) is 11.8 Å². The molecule has 0 amide bonds. The van der Waals surface area contributed by atoms with Crippen molar-refractivity contribution in [3.63, 3.8) is 0 Å². The highest BCUT2D eigenvalue weighted by atomic mass is 32.2. The maximum absolute atomic E-state index is 12.7. The number of ether oxygens (including phenoxy) is 1. The third-order valence-corrected chi connectivity index (χ3v) is 5.85. The fourth-order valence-electron chi connectivity index (χ4n) is 2.43. The van der Waals surface area contributed by atoms with E-state index in [9.17, 15) is 13.2 Å². The van der Waals surface area contributed by atoms with Crippen LogP contribution in [0.25, 0.3) is 0 Å². The van der Waals surface area contributed by atoms with Crippen LogP contribution in [0.2, 0.25) is 0 Å². The van der Waals surface area contributed by atoms with Crippen LogP contribution in [0.3, 0.4) is 0 Å². The van der Waals surface area contributed by atoms with Crippen LogP contribution in [0.15, 0.2) is 23.1 Å². The Bertz CT molecular complexity index is 645. The van der Waals surface area contributed by atoms with E-state index in [0.717, 1.165) is 0 Å². The first-order valence-corrected chi connectivity index (χ1v) is 8.13. The van der Waals surface area contributed by atoms with Crippen LogP contribution in [0.1, 0.15) is 24.2 Å². The Hall–Kier alpha value is -1.60. The molecule has 0 bridgehead atoms. The fourth-order valence-corrected chi connectivity index (χ4v) is 4.20. The first kappa shape index (κ1) is 15.8. The highest BCUT2D eigenvalue weighted by Gasteiger charge is 2.36. The fraction of sp³-hybridized carbons (Fsp3) is 0.500. The summed E-state index contributed by atoms with van der Waals surface area (Å²) in [4.78, 5) is 11.0. The molecule has 0 spiro atoms. The summed E-state index contributed by atoms with van der Waals surface area (Å²) in [5, 5.41) is 8.96. The van der Waals surface area contributed by atoms with Gasteiger partial charge in [-0.3, -0.25) is 0 Å². The molecule has 1 heterocycles. The summed E-state index contributed by atoms with van der Waals surface area (Å²) in [5.41, 5.74) is -0.00559. The maximum atomic E-state index is 12.7. The van der Waals surface area contributed by atoms with Crippen LogP contribution in [0.5, 0.6) is 5.75 Å². The number of nitrogens with zero attached hydrogens (tertiary/aromatic N) is 1. The molecule has 1 aliphatic rings. The zero-order chi connectivity index (χ0) is 15.8. The molecule has 2 atom stereocenters. The van der Waals surface area contributed by atoms with E-state index in [4.69, 9.17) is 9.84 Å². The number of sulfonamides is 1. The predicted octanol–water partition coefficient (Wildman–Crippen LogP) is 1.67. The second kappa shape index (κ2) is 5.65. The van der Waals surface area contributed by atoms with Crippen LogP contribution in [-0.4, -0.2) is 44.0 Å². The van der Waals surface area contributed by atoms with E-state index in [1.807, 2.05) is 13.8 Å². The van der Waals surface area contributed by atoms with Gasteiger partial charge in [0.1, 0.15) is 10.6 Å². The molecule has 0 radical (unpaired) electrons. The lowest BCUT2D eigenvalue weighted by atomic mass is 10.0. The van der Waals surface area contributed by atoms with Crippen LogP contribution in [-0.2, 0) is 10.0 Å². The van der Waals surface area contributed by atoms with Crippen molar-refractivity contribution in [2.24, 2.45) is 11.8 Å². The minimum Gasteiger partial charge on any atom is -0.495 e. The molecule has 1 saturated heterocycles. The van der Waals surface area contributed by atoms with Crippen molar-refractivity contribution in [3.8, 4) is 5.75 Å². The average Bonchev–Trinajstić information content (AvgIpc) is 2.78. The van der Waals surface area contributed by atoms with E-state index in [2.05, 4.69) is 0 Å². The van der Waals surface area contributed by atoms with Gasteiger partial charge in [0.25, 0.3) is 0 Å². The van der Waals surface area contributed by atoms with Crippen molar-refractivity contribution in [1.29, 1.82) is 0 Å². The Morgan fingerprint density at radius 3 is 2.33 bits per heavy atom. The zero-order valence-electron chi connectivity index (χ0n) is 12.2. The average molecular weight is 313 g/mol. The summed E-state index contributed by atoms with van der Waals surface area (Å²) < 4.78 is 31.9. The third kappa shape index (κ3) is 2.89. The Morgan fingerprint density at radius 1 is 1.29 bits per heavy atom. The molecule has 116 valence electrons. The quantitative estimate of drug-likeness (QED) is 0.914. The lowest BCUT2D eigenvalue weighted by Crippen LogP contribution is -2.29. The number of rotatable bonds is 4. The second-order valence-electron chi connectivity index (χ2n) is 5.45. The minimum atomic E-state index is -3.67. The molecule has 1 aromatic rings. The molecule has 1 aromatic carbocycles.